The molecular weight excluding hydrogens is 534 g/mol. The van der Waals surface area contributed by atoms with Gasteiger partial charge in [0.1, 0.15) is 17.5 Å². The van der Waals surface area contributed by atoms with E-state index in [0.717, 1.165) is 22.3 Å². The molecule has 0 aliphatic carbocycles. The molecule has 1 atom stereocenters. The first-order chi connectivity index (χ1) is 19.1. The van der Waals surface area contributed by atoms with Gasteiger partial charge in [0.05, 0.1) is 12.2 Å². The standard InChI is InChI=1S/C29H29N3O7S/c1-19-27(31-29(34)38-20(2)22-6-4-3-5-7-22)28(39-32-19)25-14-12-24(13-15-25)23-10-8-21(9-11-23)18-26(33)30-16-17-40(35,36)37/h3-15,20H,16-18H2,1-2H3,(H,30,33)(H,31,34)(H,35,36,37)/t20-/m1/s1. The Morgan fingerprint density at radius 1 is 0.950 bits per heavy atom. The topological polar surface area (TPSA) is 148 Å². The molecule has 1 heterocycles. The van der Waals surface area contributed by atoms with Gasteiger partial charge in [0.15, 0.2) is 5.76 Å². The highest BCUT2D eigenvalue weighted by Crippen LogP contribution is 2.33. The first kappa shape index (κ1) is 28.5. The Morgan fingerprint density at radius 3 is 2.17 bits per heavy atom. The van der Waals surface area contributed by atoms with E-state index in [4.69, 9.17) is 13.8 Å². The lowest BCUT2D eigenvalue weighted by Crippen LogP contribution is -2.30. The summed E-state index contributed by atoms with van der Waals surface area (Å²) in [6, 6.07) is 24.3. The van der Waals surface area contributed by atoms with Gasteiger partial charge < -0.3 is 14.6 Å². The average Bonchev–Trinajstić information content (AvgIpc) is 3.28. The number of amides is 2. The molecule has 40 heavy (non-hydrogen) atoms. The molecular formula is C29H29N3O7S. The summed E-state index contributed by atoms with van der Waals surface area (Å²) < 4.78 is 41.3. The van der Waals surface area contributed by atoms with Crippen molar-refractivity contribution in [1.82, 2.24) is 10.5 Å². The Balaban J connectivity index is 1.38. The number of anilines is 1. The Hall–Kier alpha value is -4.48. The minimum atomic E-state index is -4.12. The lowest BCUT2D eigenvalue weighted by molar-refractivity contribution is -0.120. The molecule has 0 aliphatic heterocycles. The number of hydrogen-bond acceptors (Lipinski definition) is 7. The van der Waals surface area contributed by atoms with Crippen molar-refractivity contribution in [3.8, 4) is 22.5 Å². The Bertz CT molecular complexity index is 1570. The largest absolute Gasteiger partial charge is 0.441 e. The number of benzene rings is 3. The number of hydrogen-bond donors (Lipinski definition) is 3. The number of nitrogens with one attached hydrogen (secondary N) is 2. The van der Waals surface area contributed by atoms with Gasteiger partial charge in [-0.1, -0.05) is 84.0 Å². The molecule has 0 unspecified atom stereocenters. The average molecular weight is 564 g/mol. The summed E-state index contributed by atoms with van der Waals surface area (Å²) in [7, 11) is -4.12. The highest BCUT2D eigenvalue weighted by atomic mass is 32.2. The third kappa shape index (κ3) is 7.78. The van der Waals surface area contributed by atoms with E-state index in [1.165, 1.54) is 0 Å². The molecule has 0 saturated carbocycles. The summed E-state index contributed by atoms with van der Waals surface area (Å²) in [5.74, 6) is -0.467. The third-order valence-electron chi connectivity index (χ3n) is 6.12. The van der Waals surface area contributed by atoms with E-state index in [1.54, 1.807) is 13.8 Å². The van der Waals surface area contributed by atoms with Crippen molar-refractivity contribution < 1.29 is 31.8 Å². The molecule has 1 aromatic heterocycles. The van der Waals surface area contributed by atoms with E-state index >= 15 is 0 Å². The fraction of sp³-hybridized carbons (Fsp3) is 0.207. The molecule has 10 nitrogen and oxygen atoms in total. The third-order valence-corrected chi connectivity index (χ3v) is 6.84. The molecule has 4 aromatic rings. The molecule has 3 aromatic carbocycles. The summed E-state index contributed by atoms with van der Waals surface area (Å²) in [5.41, 5.74) is 5.14. The maximum absolute atomic E-state index is 12.6. The van der Waals surface area contributed by atoms with Crippen LogP contribution in [0.2, 0.25) is 0 Å². The van der Waals surface area contributed by atoms with Crippen molar-refractivity contribution in [3.05, 3.63) is 95.7 Å². The van der Waals surface area contributed by atoms with Gasteiger partial charge in [-0.25, -0.2) is 4.79 Å². The smallest absolute Gasteiger partial charge is 0.412 e. The minimum Gasteiger partial charge on any atom is -0.441 e. The SMILES string of the molecule is Cc1noc(-c2ccc(-c3ccc(CC(=O)NCCS(=O)(=O)O)cc3)cc2)c1NC(=O)O[C@H](C)c1ccccc1. The van der Waals surface area contributed by atoms with Crippen LogP contribution in [0.25, 0.3) is 22.5 Å². The van der Waals surface area contributed by atoms with Gasteiger partial charge in [0, 0.05) is 12.1 Å². The Kier molecular flexibility index (Phi) is 8.97. The van der Waals surface area contributed by atoms with E-state index < -0.39 is 28.1 Å². The molecule has 2 amide bonds. The van der Waals surface area contributed by atoms with E-state index in [2.05, 4.69) is 15.8 Å². The molecule has 4 rings (SSSR count). The highest BCUT2D eigenvalue weighted by molar-refractivity contribution is 7.85. The van der Waals surface area contributed by atoms with Crippen molar-refractivity contribution in [2.24, 2.45) is 0 Å². The van der Waals surface area contributed by atoms with Crippen LogP contribution in [0, 0.1) is 6.92 Å². The monoisotopic (exact) mass is 563 g/mol. The summed E-state index contributed by atoms with van der Waals surface area (Å²) in [4.78, 5) is 24.6. The second kappa shape index (κ2) is 12.6. The van der Waals surface area contributed by atoms with E-state index in [0.29, 0.717) is 22.7 Å². The minimum absolute atomic E-state index is 0.0812. The molecule has 0 fully saturated rings. The first-order valence-corrected chi connectivity index (χ1v) is 14.1. The summed E-state index contributed by atoms with van der Waals surface area (Å²) in [6.07, 6.45) is -0.972. The van der Waals surface area contributed by atoms with Crippen LogP contribution in [0.3, 0.4) is 0 Å². The van der Waals surface area contributed by atoms with E-state index in [9.17, 15) is 18.0 Å². The Morgan fingerprint density at radius 2 is 1.55 bits per heavy atom. The zero-order valence-electron chi connectivity index (χ0n) is 22.0. The van der Waals surface area contributed by atoms with E-state index in [-0.39, 0.29) is 18.9 Å². The van der Waals surface area contributed by atoms with Crippen molar-refractivity contribution >= 4 is 27.8 Å². The molecule has 0 radical (unpaired) electrons. The van der Waals surface area contributed by atoms with Crippen LogP contribution in [0.1, 0.15) is 29.8 Å². The van der Waals surface area contributed by atoms with Gasteiger partial charge in [-0.2, -0.15) is 8.42 Å². The van der Waals surface area contributed by atoms with Crippen molar-refractivity contribution in [3.63, 3.8) is 0 Å². The fourth-order valence-electron chi connectivity index (χ4n) is 3.99. The molecule has 0 aliphatic rings. The normalized spacial score (nSPS) is 12.0. The van der Waals surface area contributed by atoms with Crippen molar-refractivity contribution in [1.29, 1.82) is 0 Å². The van der Waals surface area contributed by atoms with Crippen LogP contribution >= 0.6 is 0 Å². The lowest BCUT2D eigenvalue weighted by atomic mass is 10.0. The van der Waals surface area contributed by atoms with Gasteiger partial charge in [0.25, 0.3) is 10.1 Å². The van der Waals surface area contributed by atoms with E-state index in [1.807, 2.05) is 78.9 Å². The molecule has 11 heteroatoms. The quantitative estimate of drug-likeness (QED) is 0.224. The number of rotatable bonds is 10. The number of carbonyl (C=O) groups excluding carboxylic acids is 2. The van der Waals surface area contributed by atoms with Gasteiger partial charge in [-0.15, -0.1) is 0 Å². The predicted octanol–water partition coefficient (Wildman–Crippen LogP) is 5.17. The number of aryl methyl sites for hydroxylation is 1. The van der Waals surface area contributed by atoms with Crippen LogP contribution in [-0.4, -0.2) is 42.4 Å². The summed E-state index contributed by atoms with van der Waals surface area (Å²) in [6.45, 7) is 3.37. The van der Waals surface area contributed by atoms with Crippen molar-refractivity contribution in [2.45, 2.75) is 26.4 Å². The van der Waals surface area contributed by atoms with Crippen molar-refractivity contribution in [2.75, 3.05) is 17.6 Å². The maximum atomic E-state index is 12.6. The molecule has 3 N–H and O–H groups in total. The Labute approximate surface area is 232 Å². The lowest BCUT2D eigenvalue weighted by Gasteiger charge is -2.14. The molecule has 0 spiro atoms. The van der Waals surface area contributed by atoms with Crippen LogP contribution in [0.5, 0.6) is 0 Å². The van der Waals surface area contributed by atoms with Crippen LogP contribution in [0.4, 0.5) is 10.5 Å². The summed E-state index contributed by atoms with van der Waals surface area (Å²) in [5, 5.41) is 9.23. The number of nitrogens with zero attached hydrogens (tertiary/aromatic N) is 1. The van der Waals surface area contributed by atoms with Crippen LogP contribution in [-0.2, 0) is 26.1 Å². The van der Waals surface area contributed by atoms with Gasteiger partial charge >= 0.3 is 6.09 Å². The predicted molar refractivity (Wildman–Crippen MR) is 150 cm³/mol. The molecule has 0 bridgehead atoms. The zero-order valence-corrected chi connectivity index (χ0v) is 22.8. The molecule has 208 valence electrons. The second-order valence-corrected chi connectivity index (χ2v) is 10.7. The summed E-state index contributed by atoms with van der Waals surface area (Å²) >= 11 is 0. The maximum Gasteiger partial charge on any atom is 0.412 e. The number of aromatic nitrogens is 1. The highest BCUT2D eigenvalue weighted by Gasteiger charge is 2.20. The van der Waals surface area contributed by atoms with Gasteiger partial charge in [0.2, 0.25) is 5.91 Å². The molecule has 0 saturated heterocycles. The van der Waals surface area contributed by atoms with Gasteiger partial charge in [-0.05, 0) is 36.1 Å². The fourth-order valence-corrected chi connectivity index (χ4v) is 4.35. The second-order valence-electron chi connectivity index (χ2n) is 9.14. The number of ether oxygens (including phenoxy) is 1. The zero-order chi connectivity index (χ0) is 28.7. The van der Waals surface area contributed by atoms with Crippen LogP contribution < -0.4 is 10.6 Å². The van der Waals surface area contributed by atoms with Crippen LogP contribution in [0.15, 0.2) is 83.4 Å². The van der Waals surface area contributed by atoms with Gasteiger partial charge in [-0.3, -0.25) is 14.7 Å². The first-order valence-electron chi connectivity index (χ1n) is 12.5. The number of carbonyl (C=O) groups is 2.